The van der Waals surface area contributed by atoms with Crippen molar-refractivity contribution in [3.8, 4) is 11.5 Å². The molecule has 2 amide bonds. The number of rotatable bonds is 7. The Kier molecular flexibility index (Phi) is 7.02. The van der Waals surface area contributed by atoms with Crippen molar-refractivity contribution in [1.82, 2.24) is 5.32 Å². The van der Waals surface area contributed by atoms with Gasteiger partial charge in [-0.2, -0.15) is 0 Å². The summed E-state index contributed by atoms with van der Waals surface area (Å²) in [6, 6.07) is 12.6. The molecule has 2 aromatic rings. The van der Waals surface area contributed by atoms with Crippen molar-refractivity contribution >= 4 is 17.5 Å². The van der Waals surface area contributed by atoms with Crippen LogP contribution in [0.4, 0.5) is 5.69 Å². The number of hydrogen-bond acceptors (Lipinski definition) is 4. The summed E-state index contributed by atoms with van der Waals surface area (Å²) in [5, 5.41) is 5.07. The first kappa shape index (κ1) is 19.3. The van der Waals surface area contributed by atoms with E-state index in [-0.39, 0.29) is 13.2 Å². The van der Waals surface area contributed by atoms with Gasteiger partial charge in [-0.3, -0.25) is 9.59 Å². The number of aryl methyl sites for hydroxylation is 2. The maximum Gasteiger partial charge on any atom is 0.313 e. The van der Waals surface area contributed by atoms with E-state index in [1.165, 1.54) is 5.56 Å². The van der Waals surface area contributed by atoms with E-state index in [4.69, 9.17) is 9.47 Å². The van der Waals surface area contributed by atoms with Crippen LogP contribution in [0.15, 0.2) is 42.5 Å². The number of ether oxygens (including phenoxy) is 2. The molecule has 0 aliphatic carbocycles. The largest absolute Gasteiger partial charge is 0.494 e. The molecule has 26 heavy (non-hydrogen) atoms. The molecule has 0 aliphatic rings. The Morgan fingerprint density at radius 1 is 0.885 bits per heavy atom. The van der Waals surface area contributed by atoms with Crippen LogP contribution in [0.25, 0.3) is 0 Å². The van der Waals surface area contributed by atoms with Gasteiger partial charge in [0.2, 0.25) is 0 Å². The summed E-state index contributed by atoms with van der Waals surface area (Å²) in [6.07, 6.45) is 0. The standard InChI is InChI=1S/C20H24N2O4/c1-4-25-17-9-6-16(7-10-17)22-20(24)19(23)21-11-12-26-18-8-5-14(2)15(3)13-18/h5-10,13H,4,11-12H2,1-3H3,(H,21,23)(H,22,24). The van der Waals surface area contributed by atoms with E-state index in [2.05, 4.69) is 10.6 Å². The molecule has 0 fully saturated rings. The minimum Gasteiger partial charge on any atom is -0.494 e. The van der Waals surface area contributed by atoms with Crippen LogP contribution < -0.4 is 20.1 Å². The van der Waals surface area contributed by atoms with Gasteiger partial charge in [0.1, 0.15) is 18.1 Å². The van der Waals surface area contributed by atoms with E-state index in [0.717, 1.165) is 11.3 Å². The SMILES string of the molecule is CCOc1ccc(NC(=O)C(=O)NCCOc2ccc(C)c(C)c2)cc1. The second-order valence-electron chi connectivity index (χ2n) is 5.76. The van der Waals surface area contributed by atoms with Crippen LogP contribution in [0, 0.1) is 13.8 Å². The van der Waals surface area contributed by atoms with Gasteiger partial charge in [-0.15, -0.1) is 0 Å². The molecule has 0 saturated heterocycles. The minimum absolute atomic E-state index is 0.239. The van der Waals surface area contributed by atoms with Crippen molar-refractivity contribution in [2.75, 3.05) is 25.1 Å². The molecule has 138 valence electrons. The third-order valence-electron chi connectivity index (χ3n) is 3.76. The predicted molar refractivity (Wildman–Crippen MR) is 101 cm³/mol. The summed E-state index contributed by atoms with van der Waals surface area (Å²) in [5.74, 6) is 0.0162. The summed E-state index contributed by atoms with van der Waals surface area (Å²) in [7, 11) is 0. The zero-order chi connectivity index (χ0) is 18.9. The molecule has 2 aromatic carbocycles. The predicted octanol–water partition coefficient (Wildman–Crippen LogP) is 2.84. The molecule has 0 heterocycles. The molecule has 0 unspecified atom stereocenters. The van der Waals surface area contributed by atoms with Gasteiger partial charge in [0.15, 0.2) is 0 Å². The van der Waals surface area contributed by atoms with Crippen LogP contribution in [0.1, 0.15) is 18.1 Å². The highest BCUT2D eigenvalue weighted by molar-refractivity contribution is 6.39. The Hall–Kier alpha value is -3.02. The number of carbonyl (C=O) groups excluding carboxylic acids is 2. The normalized spacial score (nSPS) is 10.1. The van der Waals surface area contributed by atoms with Crippen LogP contribution in [0.2, 0.25) is 0 Å². The molecule has 0 atom stereocenters. The first-order valence-electron chi connectivity index (χ1n) is 8.51. The van der Waals surface area contributed by atoms with E-state index in [0.29, 0.717) is 18.0 Å². The lowest BCUT2D eigenvalue weighted by molar-refractivity contribution is -0.136. The Morgan fingerprint density at radius 3 is 2.23 bits per heavy atom. The number of benzene rings is 2. The molecule has 0 aromatic heterocycles. The highest BCUT2D eigenvalue weighted by atomic mass is 16.5. The van der Waals surface area contributed by atoms with Gasteiger partial charge in [-0.1, -0.05) is 6.07 Å². The zero-order valence-corrected chi connectivity index (χ0v) is 15.3. The van der Waals surface area contributed by atoms with Crippen LogP contribution in [0.5, 0.6) is 11.5 Å². The van der Waals surface area contributed by atoms with E-state index in [1.807, 2.05) is 39.0 Å². The monoisotopic (exact) mass is 356 g/mol. The molecule has 0 aliphatic heterocycles. The van der Waals surface area contributed by atoms with Crippen LogP contribution in [-0.4, -0.2) is 31.6 Å². The van der Waals surface area contributed by atoms with Crippen molar-refractivity contribution < 1.29 is 19.1 Å². The summed E-state index contributed by atoms with van der Waals surface area (Å²) >= 11 is 0. The number of carbonyl (C=O) groups is 2. The summed E-state index contributed by atoms with van der Waals surface area (Å²) in [6.45, 7) is 7.02. The molecule has 2 N–H and O–H groups in total. The lowest BCUT2D eigenvalue weighted by Crippen LogP contribution is -2.37. The van der Waals surface area contributed by atoms with Crippen LogP contribution in [0.3, 0.4) is 0 Å². The molecular formula is C20H24N2O4. The highest BCUT2D eigenvalue weighted by Crippen LogP contribution is 2.16. The van der Waals surface area contributed by atoms with E-state index in [1.54, 1.807) is 24.3 Å². The fraction of sp³-hybridized carbons (Fsp3) is 0.300. The maximum atomic E-state index is 11.9. The topological polar surface area (TPSA) is 76.7 Å². The van der Waals surface area contributed by atoms with Gasteiger partial charge in [0.05, 0.1) is 13.2 Å². The van der Waals surface area contributed by atoms with Gasteiger partial charge in [0.25, 0.3) is 0 Å². The summed E-state index contributed by atoms with van der Waals surface area (Å²) < 4.78 is 10.9. The zero-order valence-electron chi connectivity index (χ0n) is 15.3. The van der Waals surface area contributed by atoms with Gasteiger partial charge in [-0.05, 0) is 68.3 Å². The lowest BCUT2D eigenvalue weighted by atomic mass is 10.1. The van der Waals surface area contributed by atoms with Gasteiger partial charge >= 0.3 is 11.8 Å². The van der Waals surface area contributed by atoms with Gasteiger partial charge < -0.3 is 20.1 Å². The Morgan fingerprint density at radius 2 is 1.58 bits per heavy atom. The second kappa shape index (κ2) is 9.46. The van der Waals surface area contributed by atoms with Crippen molar-refractivity contribution in [3.05, 3.63) is 53.6 Å². The average molecular weight is 356 g/mol. The Balaban J connectivity index is 1.73. The van der Waals surface area contributed by atoms with Gasteiger partial charge in [0, 0.05) is 5.69 Å². The van der Waals surface area contributed by atoms with Crippen LogP contribution in [-0.2, 0) is 9.59 Å². The molecule has 0 spiro atoms. The summed E-state index contributed by atoms with van der Waals surface area (Å²) in [5.41, 5.74) is 2.86. The number of nitrogens with one attached hydrogen (secondary N) is 2. The highest BCUT2D eigenvalue weighted by Gasteiger charge is 2.13. The van der Waals surface area contributed by atoms with E-state index >= 15 is 0 Å². The Bertz CT molecular complexity index is 757. The van der Waals surface area contributed by atoms with E-state index < -0.39 is 11.8 Å². The van der Waals surface area contributed by atoms with Crippen molar-refractivity contribution in [3.63, 3.8) is 0 Å². The molecule has 2 rings (SSSR count). The third-order valence-corrected chi connectivity index (χ3v) is 3.76. The number of anilines is 1. The van der Waals surface area contributed by atoms with E-state index in [9.17, 15) is 9.59 Å². The maximum absolute atomic E-state index is 11.9. The van der Waals surface area contributed by atoms with Crippen molar-refractivity contribution in [2.24, 2.45) is 0 Å². The minimum atomic E-state index is -0.722. The molecule has 0 saturated carbocycles. The van der Waals surface area contributed by atoms with Crippen molar-refractivity contribution in [2.45, 2.75) is 20.8 Å². The lowest BCUT2D eigenvalue weighted by Gasteiger charge is -2.10. The van der Waals surface area contributed by atoms with Gasteiger partial charge in [-0.25, -0.2) is 0 Å². The van der Waals surface area contributed by atoms with Crippen molar-refractivity contribution in [1.29, 1.82) is 0 Å². The molecular weight excluding hydrogens is 332 g/mol. The number of hydrogen-bond donors (Lipinski definition) is 2. The molecule has 0 radical (unpaired) electrons. The fourth-order valence-electron chi connectivity index (χ4n) is 2.21. The summed E-state index contributed by atoms with van der Waals surface area (Å²) in [4.78, 5) is 23.7. The first-order valence-corrected chi connectivity index (χ1v) is 8.51. The number of amides is 2. The fourth-order valence-corrected chi connectivity index (χ4v) is 2.21. The first-order chi connectivity index (χ1) is 12.5. The molecule has 0 bridgehead atoms. The second-order valence-corrected chi connectivity index (χ2v) is 5.76. The average Bonchev–Trinajstić information content (AvgIpc) is 2.63. The quantitative estimate of drug-likeness (QED) is 0.591. The molecule has 6 heteroatoms. The molecule has 6 nitrogen and oxygen atoms in total. The Labute approximate surface area is 153 Å². The van der Waals surface area contributed by atoms with Crippen LogP contribution >= 0.6 is 0 Å². The third kappa shape index (κ3) is 5.81. The smallest absolute Gasteiger partial charge is 0.313 e.